The third kappa shape index (κ3) is 3.21. The number of hydrogen-bond donors (Lipinski definition) is 0. The van der Waals surface area contributed by atoms with E-state index in [-0.39, 0.29) is 5.56 Å². The summed E-state index contributed by atoms with van der Waals surface area (Å²) < 4.78 is 7.52. The first kappa shape index (κ1) is 16.4. The van der Waals surface area contributed by atoms with Gasteiger partial charge in [-0.1, -0.05) is 24.3 Å². The van der Waals surface area contributed by atoms with Crippen LogP contribution in [0.3, 0.4) is 0 Å². The summed E-state index contributed by atoms with van der Waals surface area (Å²) in [5.41, 5.74) is 1.55. The first-order chi connectivity index (χ1) is 12.7. The summed E-state index contributed by atoms with van der Waals surface area (Å²) in [5.74, 6) is 1.35. The topological polar surface area (TPSA) is 69.4 Å². The molecule has 0 N–H and O–H groups in total. The Kier molecular flexibility index (Phi) is 4.45. The number of fused-ring (bicyclic) bond motifs is 1. The van der Waals surface area contributed by atoms with Crippen molar-refractivity contribution in [3.05, 3.63) is 69.2 Å². The molecule has 0 unspecified atom stereocenters. The Morgan fingerprint density at radius 3 is 2.77 bits per heavy atom. The zero-order valence-corrected chi connectivity index (χ0v) is 14.9. The molecular formula is C19H16N4O2S. The van der Waals surface area contributed by atoms with Gasteiger partial charge in [0.05, 0.1) is 11.1 Å². The number of aromatic nitrogens is 4. The quantitative estimate of drug-likeness (QED) is 0.544. The minimum Gasteiger partial charge on any atom is -0.494 e. The molecule has 0 saturated carbocycles. The van der Waals surface area contributed by atoms with Crippen molar-refractivity contribution in [2.75, 3.05) is 6.61 Å². The van der Waals surface area contributed by atoms with Gasteiger partial charge in [0.1, 0.15) is 5.75 Å². The lowest BCUT2D eigenvalue weighted by Crippen LogP contribution is -2.23. The average Bonchev–Trinajstić information content (AvgIpc) is 3.21. The summed E-state index contributed by atoms with van der Waals surface area (Å²) in [7, 11) is 0. The molecule has 7 heteroatoms. The number of nitrogens with zero attached hydrogens (tertiary/aromatic N) is 4. The molecule has 1 aromatic carbocycles. The van der Waals surface area contributed by atoms with E-state index in [1.165, 1.54) is 15.9 Å². The van der Waals surface area contributed by atoms with E-state index in [1.807, 2.05) is 36.4 Å². The Morgan fingerprint density at radius 1 is 1.23 bits per heavy atom. The zero-order valence-electron chi connectivity index (χ0n) is 14.1. The monoisotopic (exact) mass is 364 g/mol. The van der Waals surface area contributed by atoms with Crippen LogP contribution in [-0.4, -0.2) is 26.2 Å². The van der Waals surface area contributed by atoms with Crippen LogP contribution in [0, 0.1) is 0 Å². The first-order valence-corrected chi connectivity index (χ1v) is 9.11. The van der Waals surface area contributed by atoms with Crippen LogP contribution >= 0.6 is 11.3 Å². The van der Waals surface area contributed by atoms with Gasteiger partial charge < -0.3 is 4.74 Å². The van der Waals surface area contributed by atoms with Crippen molar-refractivity contribution < 1.29 is 4.74 Å². The fourth-order valence-electron chi connectivity index (χ4n) is 2.49. The Hall–Kier alpha value is -3.06. The maximum Gasteiger partial charge on any atom is 0.291 e. The predicted molar refractivity (Wildman–Crippen MR) is 101 cm³/mol. The molecule has 0 aliphatic heterocycles. The van der Waals surface area contributed by atoms with Gasteiger partial charge in [-0.3, -0.25) is 9.78 Å². The molecule has 0 aliphatic carbocycles. The molecular weight excluding hydrogens is 348 g/mol. The molecule has 0 spiro atoms. The number of pyridine rings is 1. The third-order valence-corrected chi connectivity index (χ3v) is 4.71. The van der Waals surface area contributed by atoms with Gasteiger partial charge in [-0.2, -0.15) is 9.50 Å². The second-order valence-electron chi connectivity index (χ2n) is 5.70. The van der Waals surface area contributed by atoms with Crippen molar-refractivity contribution in [2.24, 2.45) is 0 Å². The van der Waals surface area contributed by atoms with E-state index in [0.29, 0.717) is 21.9 Å². The van der Waals surface area contributed by atoms with Crippen LogP contribution in [0.4, 0.5) is 0 Å². The number of thiazole rings is 1. The highest BCUT2D eigenvalue weighted by molar-refractivity contribution is 7.15. The normalized spacial score (nSPS) is 12.0. The van der Waals surface area contributed by atoms with Gasteiger partial charge >= 0.3 is 0 Å². The van der Waals surface area contributed by atoms with Gasteiger partial charge in [0.2, 0.25) is 4.96 Å². The van der Waals surface area contributed by atoms with E-state index in [0.717, 1.165) is 23.3 Å². The number of benzene rings is 1. The second-order valence-corrected chi connectivity index (χ2v) is 6.71. The molecule has 4 rings (SSSR count). The van der Waals surface area contributed by atoms with Crippen LogP contribution in [0.1, 0.15) is 18.9 Å². The first-order valence-electron chi connectivity index (χ1n) is 8.29. The van der Waals surface area contributed by atoms with Gasteiger partial charge in [0, 0.05) is 18.0 Å². The van der Waals surface area contributed by atoms with E-state index in [4.69, 9.17) is 4.74 Å². The van der Waals surface area contributed by atoms with Crippen molar-refractivity contribution in [2.45, 2.75) is 13.3 Å². The average molecular weight is 364 g/mol. The van der Waals surface area contributed by atoms with Crippen molar-refractivity contribution in [3.8, 4) is 17.1 Å². The van der Waals surface area contributed by atoms with Crippen LogP contribution in [0.5, 0.6) is 5.75 Å². The second kappa shape index (κ2) is 7.05. The summed E-state index contributed by atoms with van der Waals surface area (Å²) in [5, 5.41) is 4.36. The van der Waals surface area contributed by atoms with Crippen LogP contribution in [0.25, 0.3) is 22.4 Å². The minimum absolute atomic E-state index is 0.171. The highest BCUT2D eigenvalue weighted by Gasteiger charge is 2.12. The molecule has 6 nitrogen and oxygen atoms in total. The summed E-state index contributed by atoms with van der Waals surface area (Å²) in [6.45, 7) is 2.75. The molecule has 26 heavy (non-hydrogen) atoms. The number of ether oxygens (including phenoxy) is 1. The van der Waals surface area contributed by atoms with Gasteiger partial charge in [0.25, 0.3) is 5.56 Å². The van der Waals surface area contributed by atoms with E-state index < -0.39 is 0 Å². The van der Waals surface area contributed by atoms with Crippen LogP contribution in [-0.2, 0) is 0 Å². The fourth-order valence-corrected chi connectivity index (χ4v) is 3.40. The lowest BCUT2D eigenvalue weighted by molar-refractivity contribution is 0.317. The molecule has 3 aromatic heterocycles. The molecule has 0 fully saturated rings. The van der Waals surface area contributed by atoms with E-state index in [1.54, 1.807) is 18.5 Å². The Labute approximate surface area is 153 Å². The van der Waals surface area contributed by atoms with Crippen molar-refractivity contribution in [1.82, 2.24) is 19.6 Å². The molecule has 130 valence electrons. The summed E-state index contributed by atoms with van der Waals surface area (Å²) in [4.78, 5) is 21.7. The van der Waals surface area contributed by atoms with Gasteiger partial charge in [0.15, 0.2) is 5.82 Å². The molecule has 3 heterocycles. The lowest BCUT2D eigenvalue weighted by atomic mass is 10.2. The van der Waals surface area contributed by atoms with E-state index in [9.17, 15) is 4.79 Å². The molecule has 4 aromatic rings. The van der Waals surface area contributed by atoms with Crippen molar-refractivity contribution in [3.63, 3.8) is 0 Å². The smallest absolute Gasteiger partial charge is 0.291 e. The van der Waals surface area contributed by atoms with Gasteiger partial charge in [-0.05, 0) is 48.4 Å². The van der Waals surface area contributed by atoms with E-state index >= 15 is 0 Å². The number of hydrogen-bond acceptors (Lipinski definition) is 6. The SMILES string of the molecule is CCCOc1ccc(-c2nc3sc(=Cc4cccnc4)c(=O)n3n2)cc1. The maximum atomic E-state index is 12.5. The summed E-state index contributed by atoms with van der Waals surface area (Å²) in [6.07, 6.45) is 6.17. The Balaban J connectivity index is 1.67. The summed E-state index contributed by atoms with van der Waals surface area (Å²) >= 11 is 1.32. The standard InChI is InChI=1S/C19H16N4O2S/c1-2-10-25-15-7-5-14(6-8-15)17-21-19-23(22-17)18(24)16(26-19)11-13-4-3-9-20-12-13/h3-9,11-12H,2,10H2,1H3. The summed E-state index contributed by atoms with van der Waals surface area (Å²) in [6, 6.07) is 11.3. The van der Waals surface area contributed by atoms with Crippen LogP contribution in [0.2, 0.25) is 0 Å². The highest BCUT2D eigenvalue weighted by Crippen LogP contribution is 2.20. The van der Waals surface area contributed by atoms with Crippen molar-refractivity contribution >= 4 is 22.4 Å². The van der Waals surface area contributed by atoms with Crippen LogP contribution < -0.4 is 14.8 Å². The maximum absolute atomic E-state index is 12.5. The van der Waals surface area contributed by atoms with Crippen LogP contribution in [0.15, 0.2) is 53.6 Å². The molecule has 0 amide bonds. The molecule has 0 atom stereocenters. The lowest BCUT2D eigenvalue weighted by Gasteiger charge is -2.04. The predicted octanol–water partition coefficient (Wildman–Crippen LogP) is 2.55. The Morgan fingerprint density at radius 2 is 2.08 bits per heavy atom. The molecule has 0 bridgehead atoms. The van der Waals surface area contributed by atoms with Gasteiger partial charge in [-0.15, -0.1) is 5.10 Å². The highest BCUT2D eigenvalue weighted by atomic mass is 32.1. The third-order valence-electron chi connectivity index (χ3n) is 3.75. The fraction of sp³-hybridized carbons (Fsp3) is 0.158. The Bertz CT molecular complexity index is 1130. The molecule has 0 radical (unpaired) electrons. The molecule has 0 saturated heterocycles. The van der Waals surface area contributed by atoms with Crippen molar-refractivity contribution in [1.29, 1.82) is 0 Å². The zero-order chi connectivity index (χ0) is 17.9. The van der Waals surface area contributed by atoms with Gasteiger partial charge in [-0.25, -0.2) is 0 Å². The van der Waals surface area contributed by atoms with E-state index in [2.05, 4.69) is 22.0 Å². The number of rotatable bonds is 5. The molecule has 0 aliphatic rings. The minimum atomic E-state index is -0.171. The largest absolute Gasteiger partial charge is 0.494 e.